The molecule has 0 radical (unpaired) electrons. The average Bonchev–Trinajstić information content (AvgIpc) is 2.79. The van der Waals surface area contributed by atoms with Gasteiger partial charge in [0.2, 0.25) is 5.91 Å². The Bertz CT molecular complexity index is 1400. The van der Waals surface area contributed by atoms with Crippen LogP contribution < -0.4 is 10.0 Å². The summed E-state index contributed by atoms with van der Waals surface area (Å²) in [6, 6.07) is 23.1. The molecule has 0 spiro atoms. The smallest absolute Gasteiger partial charge is 0.261 e. The van der Waals surface area contributed by atoms with Crippen LogP contribution in [0.25, 0.3) is 22.2 Å². The summed E-state index contributed by atoms with van der Waals surface area (Å²) in [6.45, 7) is 3.78. The Morgan fingerprint density at radius 1 is 0.938 bits per heavy atom. The number of hydrogen-bond acceptors (Lipinski definition) is 4. The van der Waals surface area contributed by atoms with Gasteiger partial charge in [-0.2, -0.15) is 0 Å². The first-order chi connectivity index (χ1) is 15.4. The minimum Gasteiger partial charge on any atom is -0.326 e. The number of benzene rings is 3. The van der Waals surface area contributed by atoms with Crippen molar-refractivity contribution in [3.63, 3.8) is 0 Å². The summed E-state index contributed by atoms with van der Waals surface area (Å²) < 4.78 is 28.7. The van der Waals surface area contributed by atoms with Crippen molar-refractivity contribution in [3.8, 4) is 11.3 Å². The van der Waals surface area contributed by atoms with Crippen LogP contribution in [-0.2, 0) is 14.8 Å². The first-order valence-corrected chi connectivity index (χ1v) is 11.7. The second-order valence-electron chi connectivity index (χ2n) is 7.47. The lowest BCUT2D eigenvalue weighted by atomic mass is 10.1. The van der Waals surface area contributed by atoms with Crippen LogP contribution in [0.5, 0.6) is 0 Å². The van der Waals surface area contributed by atoms with Gasteiger partial charge >= 0.3 is 0 Å². The fourth-order valence-electron chi connectivity index (χ4n) is 3.36. The number of aryl methyl sites for hydroxylation is 1. The van der Waals surface area contributed by atoms with Crippen molar-refractivity contribution in [2.45, 2.75) is 25.2 Å². The first kappa shape index (κ1) is 21.5. The number of carbonyl (C=O) groups excluding carboxylic acids is 1. The van der Waals surface area contributed by atoms with E-state index < -0.39 is 10.0 Å². The molecular formula is C25H23N3O3S. The van der Waals surface area contributed by atoms with Crippen LogP contribution >= 0.6 is 0 Å². The molecule has 2 N–H and O–H groups in total. The number of rotatable bonds is 6. The van der Waals surface area contributed by atoms with Gasteiger partial charge in [0, 0.05) is 23.1 Å². The highest BCUT2D eigenvalue weighted by atomic mass is 32.2. The van der Waals surface area contributed by atoms with Crippen LogP contribution in [0.4, 0.5) is 11.4 Å². The lowest BCUT2D eigenvalue weighted by molar-refractivity contribution is -0.115. The van der Waals surface area contributed by atoms with E-state index in [0.29, 0.717) is 29.1 Å². The largest absolute Gasteiger partial charge is 0.326 e. The summed E-state index contributed by atoms with van der Waals surface area (Å²) in [4.78, 5) is 16.4. The Labute approximate surface area is 187 Å². The quantitative estimate of drug-likeness (QED) is 0.418. The summed E-state index contributed by atoms with van der Waals surface area (Å²) >= 11 is 0. The molecule has 0 fully saturated rings. The molecule has 0 aliphatic heterocycles. The zero-order chi connectivity index (χ0) is 22.7. The minimum atomic E-state index is -3.83. The number of hydrogen-bond donors (Lipinski definition) is 2. The third kappa shape index (κ3) is 4.63. The van der Waals surface area contributed by atoms with Gasteiger partial charge in [0.25, 0.3) is 10.0 Å². The Morgan fingerprint density at radius 3 is 2.44 bits per heavy atom. The normalized spacial score (nSPS) is 11.3. The molecule has 0 bridgehead atoms. The molecule has 0 atom stereocenters. The van der Waals surface area contributed by atoms with Gasteiger partial charge in [0.05, 0.1) is 21.8 Å². The van der Waals surface area contributed by atoms with Gasteiger partial charge in [-0.3, -0.25) is 9.52 Å². The topological polar surface area (TPSA) is 88.2 Å². The fourth-order valence-corrected chi connectivity index (χ4v) is 4.44. The van der Waals surface area contributed by atoms with Crippen LogP contribution in [-0.4, -0.2) is 19.3 Å². The predicted molar refractivity (Wildman–Crippen MR) is 128 cm³/mol. The van der Waals surface area contributed by atoms with Crippen LogP contribution in [0.2, 0.25) is 0 Å². The molecule has 1 aromatic heterocycles. The lowest BCUT2D eigenvalue weighted by Crippen LogP contribution is -2.14. The summed E-state index contributed by atoms with van der Waals surface area (Å²) in [5.41, 5.74) is 4.35. The SMILES string of the molecule is CCC(=O)Nc1ccc(S(=O)(=O)Nc2ccccc2-c2ccc3cc(C)ccc3n2)cc1. The summed E-state index contributed by atoms with van der Waals surface area (Å²) in [6.07, 6.45) is 0.348. The number of fused-ring (bicyclic) bond motifs is 1. The second kappa shape index (κ2) is 8.80. The van der Waals surface area contributed by atoms with Gasteiger partial charge < -0.3 is 5.32 Å². The molecule has 0 saturated carbocycles. The van der Waals surface area contributed by atoms with Crippen molar-refractivity contribution < 1.29 is 13.2 Å². The van der Waals surface area contributed by atoms with Crippen LogP contribution in [0.1, 0.15) is 18.9 Å². The average molecular weight is 446 g/mol. The minimum absolute atomic E-state index is 0.101. The number of aromatic nitrogens is 1. The van der Waals surface area contributed by atoms with E-state index >= 15 is 0 Å². The summed E-state index contributed by atoms with van der Waals surface area (Å²) in [5.74, 6) is -0.134. The van der Waals surface area contributed by atoms with E-state index in [2.05, 4.69) is 16.1 Å². The van der Waals surface area contributed by atoms with Crippen molar-refractivity contribution in [1.82, 2.24) is 4.98 Å². The van der Waals surface area contributed by atoms with E-state index in [1.54, 1.807) is 31.2 Å². The molecule has 0 aliphatic carbocycles. The number of amides is 1. The maximum atomic E-state index is 13.0. The van der Waals surface area contributed by atoms with Gasteiger partial charge in [-0.15, -0.1) is 0 Å². The third-order valence-corrected chi connectivity index (χ3v) is 6.44. The molecule has 4 aromatic rings. The molecule has 7 heteroatoms. The van der Waals surface area contributed by atoms with Crippen LogP contribution in [0.3, 0.4) is 0 Å². The first-order valence-electron chi connectivity index (χ1n) is 10.3. The molecule has 162 valence electrons. The van der Waals surface area contributed by atoms with E-state index in [-0.39, 0.29) is 10.8 Å². The Morgan fingerprint density at radius 2 is 1.69 bits per heavy atom. The highest BCUT2D eigenvalue weighted by Gasteiger charge is 2.17. The van der Waals surface area contributed by atoms with Crippen molar-refractivity contribution in [2.24, 2.45) is 0 Å². The molecule has 0 unspecified atom stereocenters. The monoisotopic (exact) mass is 445 g/mol. The van der Waals surface area contributed by atoms with Gasteiger partial charge in [-0.25, -0.2) is 13.4 Å². The van der Waals surface area contributed by atoms with Crippen molar-refractivity contribution in [3.05, 3.63) is 84.4 Å². The standard InChI is InChI=1S/C25H23N3O3S/c1-3-25(29)26-19-10-12-20(13-11-19)32(30,31)28-24-7-5-4-6-21(24)23-15-9-18-16-17(2)8-14-22(18)27-23/h4-16,28H,3H2,1-2H3,(H,26,29). The predicted octanol–water partition coefficient (Wildman–Crippen LogP) is 5.36. The second-order valence-corrected chi connectivity index (χ2v) is 9.15. The highest BCUT2D eigenvalue weighted by Crippen LogP contribution is 2.30. The lowest BCUT2D eigenvalue weighted by Gasteiger charge is -2.13. The highest BCUT2D eigenvalue weighted by molar-refractivity contribution is 7.92. The maximum Gasteiger partial charge on any atom is 0.261 e. The van der Waals surface area contributed by atoms with Crippen molar-refractivity contribution in [2.75, 3.05) is 10.0 Å². The van der Waals surface area contributed by atoms with Gasteiger partial charge in [-0.05, 0) is 55.5 Å². The van der Waals surface area contributed by atoms with Crippen molar-refractivity contribution in [1.29, 1.82) is 0 Å². The van der Waals surface area contributed by atoms with E-state index in [0.717, 1.165) is 16.5 Å². The molecule has 3 aromatic carbocycles. The van der Waals surface area contributed by atoms with Crippen LogP contribution in [0, 0.1) is 6.92 Å². The molecule has 1 amide bonds. The van der Waals surface area contributed by atoms with Crippen molar-refractivity contribution >= 4 is 38.2 Å². The van der Waals surface area contributed by atoms with Gasteiger partial charge in [0.15, 0.2) is 0 Å². The molecule has 32 heavy (non-hydrogen) atoms. The third-order valence-electron chi connectivity index (χ3n) is 5.06. The summed E-state index contributed by atoms with van der Waals surface area (Å²) in [5, 5.41) is 3.74. The zero-order valence-corrected chi connectivity index (χ0v) is 18.6. The summed E-state index contributed by atoms with van der Waals surface area (Å²) in [7, 11) is -3.83. The zero-order valence-electron chi connectivity index (χ0n) is 17.8. The molecule has 0 saturated heterocycles. The fraction of sp³-hybridized carbons (Fsp3) is 0.120. The van der Waals surface area contributed by atoms with Gasteiger partial charge in [0.1, 0.15) is 0 Å². The van der Waals surface area contributed by atoms with Crippen LogP contribution in [0.15, 0.2) is 83.8 Å². The number of sulfonamides is 1. The van der Waals surface area contributed by atoms with E-state index in [1.165, 1.54) is 12.1 Å². The molecule has 0 aliphatic rings. The number of pyridine rings is 1. The molecule has 1 heterocycles. The Kier molecular flexibility index (Phi) is 5.92. The van der Waals surface area contributed by atoms with E-state index in [4.69, 9.17) is 4.98 Å². The number of nitrogens with one attached hydrogen (secondary N) is 2. The van der Waals surface area contributed by atoms with E-state index in [9.17, 15) is 13.2 Å². The van der Waals surface area contributed by atoms with E-state index in [1.807, 2.05) is 43.3 Å². The number of carbonyl (C=O) groups is 1. The molecule has 4 rings (SSSR count). The molecule has 6 nitrogen and oxygen atoms in total. The number of para-hydroxylation sites is 1. The maximum absolute atomic E-state index is 13.0. The van der Waals surface area contributed by atoms with Gasteiger partial charge in [-0.1, -0.05) is 42.8 Å². The number of anilines is 2. The Hall–Kier alpha value is -3.71. The Balaban J connectivity index is 1.64. The number of nitrogens with zero attached hydrogens (tertiary/aromatic N) is 1. The molecular weight excluding hydrogens is 422 g/mol.